The maximum atomic E-state index is 11.9. The molecule has 0 spiro atoms. The van der Waals surface area contributed by atoms with E-state index in [-0.39, 0.29) is 18.9 Å². The van der Waals surface area contributed by atoms with Crippen LogP contribution in [0.2, 0.25) is 0 Å². The predicted octanol–water partition coefficient (Wildman–Crippen LogP) is 2.23. The summed E-state index contributed by atoms with van der Waals surface area (Å²) in [6, 6.07) is 9.32. The SMILES string of the molecule is O=C(O)CCSCc1cccc(NC(=O)Cn2cccn2)c1. The number of hydrogen-bond donors (Lipinski definition) is 2. The minimum absolute atomic E-state index is 0.139. The molecule has 2 rings (SSSR count). The van der Waals surface area contributed by atoms with Gasteiger partial charge < -0.3 is 10.4 Å². The Hall–Kier alpha value is -2.28. The number of nitrogens with one attached hydrogen (secondary N) is 1. The molecule has 1 heterocycles. The van der Waals surface area contributed by atoms with E-state index in [1.54, 1.807) is 34.9 Å². The number of benzene rings is 1. The van der Waals surface area contributed by atoms with Gasteiger partial charge in [-0.05, 0) is 23.8 Å². The largest absolute Gasteiger partial charge is 0.481 e. The average Bonchev–Trinajstić information content (AvgIpc) is 2.96. The summed E-state index contributed by atoms with van der Waals surface area (Å²) in [5.41, 5.74) is 1.78. The number of hydrogen-bond acceptors (Lipinski definition) is 4. The summed E-state index contributed by atoms with van der Waals surface area (Å²) in [4.78, 5) is 22.3. The Labute approximate surface area is 132 Å². The van der Waals surface area contributed by atoms with Crippen molar-refractivity contribution in [2.24, 2.45) is 0 Å². The number of rotatable bonds is 8. The zero-order valence-electron chi connectivity index (χ0n) is 11.9. The van der Waals surface area contributed by atoms with E-state index in [4.69, 9.17) is 5.11 Å². The van der Waals surface area contributed by atoms with Crippen LogP contribution in [0.4, 0.5) is 5.69 Å². The predicted molar refractivity (Wildman–Crippen MR) is 85.7 cm³/mol. The number of aliphatic carboxylic acids is 1. The van der Waals surface area contributed by atoms with Crippen molar-refractivity contribution in [3.05, 3.63) is 48.3 Å². The van der Waals surface area contributed by atoms with Crippen LogP contribution in [0.25, 0.3) is 0 Å². The standard InChI is InChI=1S/C15H17N3O3S/c19-14(10-18-7-2-6-16-18)17-13-4-1-3-12(9-13)11-22-8-5-15(20)21/h1-4,6-7,9H,5,8,10-11H2,(H,17,19)(H,20,21). The van der Waals surface area contributed by atoms with Gasteiger partial charge in [-0.25, -0.2) is 0 Å². The van der Waals surface area contributed by atoms with E-state index < -0.39 is 5.97 Å². The number of aromatic nitrogens is 2. The van der Waals surface area contributed by atoms with Gasteiger partial charge in [-0.3, -0.25) is 14.3 Å². The van der Waals surface area contributed by atoms with Gasteiger partial charge in [0.2, 0.25) is 5.91 Å². The van der Waals surface area contributed by atoms with E-state index in [0.29, 0.717) is 5.75 Å². The smallest absolute Gasteiger partial charge is 0.304 e. The summed E-state index contributed by atoms with van der Waals surface area (Å²) >= 11 is 1.56. The number of carbonyl (C=O) groups excluding carboxylic acids is 1. The minimum atomic E-state index is -0.785. The molecule has 1 aromatic carbocycles. The summed E-state index contributed by atoms with van der Waals surface area (Å²) in [6.07, 6.45) is 3.52. The molecule has 0 aliphatic carbocycles. The average molecular weight is 319 g/mol. The zero-order valence-corrected chi connectivity index (χ0v) is 12.8. The molecule has 2 aromatic rings. The molecule has 0 aliphatic heterocycles. The third-order valence-corrected chi connectivity index (χ3v) is 3.83. The highest BCUT2D eigenvalue weighted by Gasteiger charge is 2.05. The first-order valence-corrected chi connectivity index (χ1v) is 7.95. The van der Waals surface area contributed by atoms with Gasteiger partial charge in [0, 0.05) is 29.6 Å². The van der Waals surface area contributed by atoms with Gasteiger partial charge in [-0.15, -0.1) is 0 Å². The second kappa shape index (κ2) is 8.23. The first-order chi connectivity index (χ1) is 10.6. The molecule has 2 N–H and O–H groups in total. The first-order valence-electron chi connectivity index (χ1n) is 6.79. The van der Waals surface area contributed by atoms with Crippen molar-refractivity contribution >= 4 is 29.3 Å². The number of nitrogens with zero attached hydrogens (tertiary/aromatic N) is 2. The summed E-state index contributed by atoms with van der Waals surface area (Å²) in [7, 11) is 0. The van der Waals surface area contributed by atoms with E-state index in [2.05, 4.69) is 10.4 Å². The van der Waals surface area contributed by atoms with Crippen molar-refractivity contribution in [3.8, 4) is 0 Å². The third-order valence-electron chi connectivity index (χ3n) is 2.80. The molecule has 0 aliphatic rings. The molecule has 0 fully saturated rings. The molecule has 0 radical (unpaired) electrons. The summed E-state index contributed by atoms with van der Waals surface area (Å²) < 4.78 is 1.56. The van der Waals surface area contributed by atoms with Gasteiger partial charge >= 0.3 is 5.97 Å². The highest BCUT2D eigenvalue weighted by Crippen LogP contribution is 2.17. The number of carbonyl (C=O) groups is 2. The van der Waals surface area contributed by atoms with E-state index in [1.807, 2.05) is 24.3 Å². The maximum absolute atomic E-state index is 11.9. The van der Waals surface area contributed by atoms with Crippen molar-refractivity contribution in [2.75, 3.05) is 11.1 Å². The monoisotopic (exact) mass is 319 g/mol. The van der Waals surface area contributed by atoms with Crippen molar-refractivity contribution < 1.29 is 14.7 Å². The van der Waals surface area contributed by atoms with Gasteiger partial charge in [-0.2, -0.15) is 16.9 Å². The van der Waals surface area contributed by atoms with Crippen LogP contribution >= 0.6 is 11.8 Å². The molecule has 7 heteroatoms. The molecule has 0 unspecified atom stereocenters. The fourth-order valence-corrected chi connectivity index (χ4v) is 2.71. The molecular weight excluding hydrogens is 302 g/mol. The molecule has 0 saturated heterocycles. The molecule has 0 atom stereocenters. The highest BCUT2D eigenvalue weighted by molar-refractivity contribution is 7.98. The lowest BCUT2D eigenvalue weighted by Gasteiger charge is -2.07. The summed E-state index contributed by atoms with van der Waals surface area (Å²) in [5.74, 6) is 0.368. The Kier molecular flexibility index (Phi) is 6.02. The number of carboxylic acids is 1. The van der Waals surface area contributed by atoms with E-state index in [9.17, 15) is 9.59 Å². The van der Waals surface area contributed by atoms with Gasteiger partial charge in [-0.1, -0.05) is 12.1 Å². The fourth-order valence-electron chi connectivity index (χ4n) is 1.83. The second-order valence-electron chi connectivity index (χ2n) is 4.65. The fraction of sp³-hybridized carbons (Fsp3) is 0.267. The molecule has 0 saturated carbocycles. The van der Waals surface area contributed by atoms with E-state index >= 15 is 0 Å². The quantitative estimate of drug-likeness (QED) is 0.729. The Balaban J connectivity index is 1.82. The molecule has 22 heavy (non-hydrogen) atoms. The number of amides is 1. The Morgan fingerprint density at radius 2 is 2.18 bits per heavy atom. The summed E-state index contributed by atoms with van der Waals surface area (Å²) in [5, 5.41) is 15.4. The Morgan fingerprint density at radius 3 is 2.91 bits per heavy atom. The van der Waals surface area contributed by atoms with Crippen LogP contribution in [-0.2, 0) is 21.9 Å². The maximum Gasteiger partial charge on any atom is 0.304 e. The van der Waals surface area contributed by atoms with Gasteiger partial charge in [0.05, 0.1) is 6.42 Å². The lowest BCUT2D eigenvalue weighted by molar-refractivity contribution is -0.136. The van der Waals surface area contributed by atoms with Crippen LogP contribution in [0.3, 0.4) is 0 Å². The molecule has 1 amide bonds. The van der Waals surface area contributed by atoms with Gasteiger partial charge in [0.1, 0.15) is 6.54 Å². The van der Waals surface area contributed by atoms with Crippen LogP contribution in [0.1, 0.15) is 12.0 Å². The molecule has 1 aromatic heterocycles. The number of thioether (sulfide) groups is 1. The van der Waals surface area contributed by atoms with Crippen LogP contribution in [-0.4, -0.2) is 32.5 Å². The van der Waals surface area contributed by atoms with Crippen molar-refractivity contribution in [2.45, 2.75) is 18.7 Å². The third kappa shape index (κ3) is 5.61. The normalized spacial score (nSPS) is 10.4. The molecular formula is C15H17N3O3S. The van der Waals surface area contributed by atoms with Gasteiger partial charge in [0.15, 0.2) is 0 Å². The number of carboxylic acid groups (broad SMARTS) is 1. The van der Waals surface area contributed by atoms with E-state index in [1.165, 1.54) is 0 Å². The molecule has 6 nitrogen and oxygen atoms in total. The minimum Gasteiger partial charge on any atom is -0.481 e. The zero-order chi connectivity index (χ0) is 15.8. The lowest BCUT2D eigenvalue weighted by Crippen LogP contribution is -2.19. The Morgan fingerprint density at radius 1 is 1.32 bits per heavy atom. The van der Waals surface area contributed by atoms with E-state index in [0.717, 1.165) is 17.0 Å². The summed E-state index contributed by atoms with van der Waals surface area (Å²) in [6.45, 7) is 0.171. The van der Waals surface area contributed by atoms with Crippen LogP contribution in [0.15, 0.2) is 42.7 Å². The van der Waals surface area contributed by atoms with Gasteiger partial charge in [0.25, 0.3) is 0 Å². The highest BCUT2D eigenvalue weighted by atomic mass is 32.2. The molecule has 0 bridgehead atoms. The topological polar surface area (TPSA) is 84.2 Å². The van der Waals surface area contributed by atoms with Crippen LogP contribution in [0.5, 0.6) is 0 Å². The Bertz CT molecular complexity index is 629. The van der Waals surface area contributed by atoms with Crippen LogP contribution < -0.4 is 5.32 Å². The van der Waals surface area contributed by atoms with Crippen molar-refractivity contribution in [1.29, 1.82) is 0 Å². The lowest BCUT2D eigenvalue weighted by atomic mass is 10.2. The van der Waals surface area contributed by atoms with Crippen LogP contribution in [0, 0.1) is 0 Å². The first kappa shape index (κ1) is 16.1. The second-order valence-corrected chi connectivity index (χ2v) is 5.75. The molecule has 116 valence electrons. The number of anilines is 1. The van der Waals surface area contributed by atoms with Crippen molar-refractivity contribution in [3.63, 3.8) is 0 Å². The van der Waals surface area contributed by atoms with Crippen molar-refractivity contribution in [1.82, 2.24) is 9.78 Å².